The Morgan fingerprint density at radius 1 is 1.23 bits per heavy atom. The molecule has 0 radical (unpaired) electrons. The van der Waals surface area contributed by atoms with E-state index in [0.717, 1.165) is 19.5 Å². The van der Waals surface area contributed by atoms with Crippen LogP contribution in [-0.4, -0.2) is 35.4 Å². The summed E-state index contributed by atoms with van der Waals surface area (Å²) in [6.07, 6.45) is 0. The zero-order chi connectivity index (χ0) is 15.3. The molecule has 2 atom stereocenters. The Kier molecular flexibility index (Phi) is 3.49. The van der Waals surface area contributed by atoms with Crippen LogP contribution in [0.1, 0.15) is 5.01 Å². The Labute approximate surface area is 140 Å². The second kappa shape index (κ2) is 5.27. The van der Waals surface area contributed by atoms with Crippen molar-refractivity contribution < 1.29 is 8.42 Å². The van der Waals surface area contributed by atoms with Gasteiger partial charge in [-0.1, -0.05) is 12.1 Å². The van der Waals surface area contributed by atoms with Gasteiger partial charge < -0.3 is 0 Å². The van der Waals surface area contributed by atoms with Crippen LogP contribution in [0, 0.1) is 11.3 Å². The average Bonchev–Trinajstić information content (AvgIpc) is 3.09. The second-order valence-corrected chi connectivity index (χ2v) is 11.1. The van der Waals surface area contributed by atoms with Crippen molar-refractivity contribution in [1.82, 2.24) is 4.98 Å². The maximum atomic E-state index is 11.7. The van der Waals surface area contributed by atoms with Gasteiger partial charge in [0.2, 0.25) is 0 Å². The van der Waals surface area contributed by atoms with Crippen molar-refractivity contribution in [2.75, 3.05) is 11.5 Å². The summed E-state index contributed by atoms with van der Waals surface area (Å²) < 4.78 is 25.3. The molecule has 112 valence electrons. The van der Waals surface area contributed by atoms with Gasteiger partial charge in [-0.25, -0.2) is 13.4 Å². The van der Waals surface area contributed by atoms with Gasteiger partial charge >= 0.3 is 0 Å². The third kappa shape index (κ3) is 2.46. The van der Waals surface area contributed by atoms with E-state index in [9.17, 15) is 13.7 Å². The van der Waals surface area contributed by atoms with Crippen LogP contribution in [-0.2, 0) is 9.84 Å². The first kappa shape index (κ1) is 14.6. The van der Waals surface area contributed by atoms with Crippen LogP contribution in [0.2, 0.25) is 0 Å². The summed E-state index contributed by atoms with van der Waals surface area (Å²) in [7, 11) is -2.91. The number of para-hydroxylation sites is 1. The summed E-state index contributed by atoms with van der Waals surface area (Å²) in [6, 6.07) is 10.1. The molecule has 3 heterocycles. The average molecular weight is 367 g/mol. The molecule has 2 aromatic rings. The molecule has 0 bridgehead atoms. The Morgan fingerprint density at radius 2 is 1.91 bits per heavy atom. The Hall–Kier alpha value is -1.01. The molecule has 8 heteroatoms. The quantitative estimate of drug-likeness (QED) is 0.722. The SMILES string of the molecule is N#CC(=C1S[C@@H]2CS(=O)(=O)C[C@H]2S1)c1nc2ccccc2s1. The fraction of sp³-hybridized carbons (Fsp3) is 0.286. The predicted molar refractivity (Wildman–Crippen MR) is 93.6 cm³/mol. The molecule has 0 spiro atoms. The van der Waals surface area contributed by atoms with Gasteiger partial charge in [0.1, 0.15) is 16.6 Å². The molecular formula is C14H10N2O2S4. The van der Waals surface area contributed by atoms with E-state index in [0.29, 0.717) is 5.57 Å². The zero-order valence-electron chi connectivity index (χ0n) is 11.2. The summed E-state index contributed by atoms with van der Waals surface area (Å²) in [6.45, 7) is 0. The standard InChI is InChI=1S/C14H10N2O2S4/c15-5-8(13-16-9-3-1-2-4-10(9)19-13)14-20-11-6-22(17,18)7-12(11)21-14/h1-4,11-12H,6-7H2/t11-,12-/m1/s1. The number of sulfone groups is 1. The van der Waals surface area contributed by atoms with E-state index in [1.54, 1.807) is 0 Å². The van der Waals surface area contributed by atoms with E-state index in [1.165, 1.54) is 34.9 Å². The maximum Gasteiger partial charge on any atom is 0.152 e. The van der Waals surface area contributed by atoms with Gasteiger partial charge in [-0.15, -0.1) is 34.9 Å². The van der Waals surface area contributed by atoms with Gasteiger partial charge in [-0.05, 0) is 12.1 Å². The maximum absolute atomic E-state index is 11.7. The number of thiazole rings is 1. The van der Waals surface area contributed by atoms with Crippen molar-refractivity contribution in [3.63, 3.8) is 0 Å². The van der Waals surface area contributed by atoms with Crippen molar-refractivity contribution in [3.05, 3.63) is 33.5 Å². The van der Waals surface area contributed by atoms with Gasteiger partial charge in [0.05, 0.1) is 26.0 Å². The molecule has 1 aromatic heterocycles. The van der Waals surface area contributed by atoms with Gasteiger partial charge in [-0.2, -0.15) is 5.26 Å². The van der Waals surface area contributed by atoms with E-state index >= 15 is 0 Å². The molecule has 0 N–H and O–H groups in total. The first-order chi connectivity index (χ1) is 10.6. The summed E-state index contributed by atoms with van der Waals surface area (Å²) in [4.78, 5) is 4.54. The molecule has 2 aliphatic rings. The van der Waals surface area contributed by atoms with E-state index in [-0.39, 0.29) is 22.0 Å². The molecule has 0 amide bonds. The normalized spacial score (nSPS) is 26.0. The van der Waals surface area contributed by atoms with E-state index in [1.807, 2.05) is 24.3 Å². The molecule has 1 aromatic carbocycles. The van der Waals surface area contributed by atoms with Crippen LogP contribution in [0.25, 0.3) is 15.8 Å². The third-order valence-corrected chi connectivity index (χ3v) is 9.98. The van der Waals surface area contributed by atoms with Crippen LogP contribution >= 0.6 is 34.9 Å². The van der Waals surface area contributed by atoms with Crippen LogP contribution in [0.5, 0.6) is 0 Å². The van der Waals surface area contributed by atoms with Gasteiger partial charge in [0, 0.05) is 10.5 Å². The highest BCUT2D eigenvalue weighted by Gasteiger charge is 2.45. The molecule has 4 nitrogen and oxygen atoms in total. The van der Waals surface area contributed by atoms with Crippen molar-refractivity contribution in [2.24, 2.45) is 0 Å². The molecule has 2 fully saturated rings. The second-order valence-electron chi connectivity index (χ2n) is 5.15. The fourth-order valence-corrected chi connectivity index (χ4v) is 10.2. The molecular weight excluding hydrogens is 356 g/mol. The number of hydrogen-bond acceptors (Lipinski definition) is 7. The third-order valence-electron chi connectivity index (χ3n) is 3.59. The lowest BCUT2D eigenvalue weighted by atomic mass is 10.3. The number of aromatic nitrogens is 1. The van der Waals surface area contributed by atoms with E-state index in [4.69, 9.17) is 0 Å². The lowest BCUT2D eigenvalue weighted by Crippen LogP contribution is -2.10. The number of thioether (sulfide) groups is 2. The Balaban J connectivity index is 1.73. The van der Waals surface area contributed by atoms with Crippen LogP contribution in [0.3, 0.4) is 0 Å². The monoisotopic (exact) mass is 366 g/mol. The van der Waals surface area contributed by atoms with Gasteiger partial charge in [-0.3, -0.25) is 0 Å². The van der Waals surface area contributed by atoms with Crippen molar-refractivity contribution in [2.45, 2.75) is 10.5 Å². The van der Waals surface area contributed by atoms with Crippen LogP contribution < -0.4 is 0 Å². The van der Waals surface area contributed by atoms with Crippen LogP contribution in [0.4, 0.5) is 0 Å². The minimum absolute atomic E-state index is 0.0720. The number of nitrogens with zero attached hydrogens (tertiary/aromatic N) is 2. The number of rotatable bonds is 1. The number of allylic oxidation sites excluding steroid dienone is 1. The predicted octanol–water partition coefficient (Wildman–Crippen LogP) is 3.13. The number of benzene rings is 1. The Morgan fingerprint density at radius 3 is 2.55 bits per heavy atom. The topological polar surface area (TPSA) is 70.8 Å². The summed E-state index contributed by atoms with van der Waals surface area (Å²) in [5, 5.41) is 10.4. The lowest BCUT2D eigenvalue weighted by Gasteiger charge is -2.01. The smallest absolute Gasteiger partial charge is 0.152 e. The summed E-state index contributed by atoms with van der Waals surface area (Å²) in [5.74, 6) is 0.439. The fourth-order valence-electron chi connectivity index (χ4n) is 2.58. The first-order valence-corrected chi connectivity index (χ1v) is 11.0. The zero-order valence-corrected chi connectivity index (χ0v) is 14.5. The summed E-state index contributed by atoms with van der Waals surface area (Å²) >= 11 is 4.57. The minimum atomic E-state index is -2.91. The lowest BCUT2D eigenvalue weighted by molar-refractivity contribution is 0.602. The number of hydrogen-bond donors (Lipinski definition) is 0. The molecule has 2 aliphatic heterocycles. The molecule has 0 saturated carbocycles. The minimum Gasteiger partial charge on any atom is -0.235 e. The van der Waals surface area contributed by atoms with Crippen molar-refractivity contribution in [3.8, 4) is 6.07 Å². The highest BCUT2D eigenvalue weighted by atomic mass is 32.2. The number of nitriles is 1. The molecule has 2 saturated heterocycles. The molecule has 4 rings (SSSR count). The molecule has 0 aliphatic carbocycles. The summed E-state index contributed by atoms with van der Waals surface area (Å²) in [5.41, 5.74) is 1.48. The highest BCUT2D eigenvalue weighted by molar-refractivity contribution is 8.27. The first-order valence-electron chi connectivity index (χ1n) is 6.60. The van der Waals surface area contributed by atoms with Gasteiger partial charge in [0.25, 0.3) is 0 Å². The van der Waals surface area contributed by atoms with E-state index < -0.39 is 9.84 Å². The van der Waals surface area contributed by atoms with Crippen LogP contribution in [0.15, 0.2) is 28.5 Å². The highest BCUT2D eigenvalue weighted by Crippen LogP contribution is 2.53. The molecule has 22 heavy (non-hydrogen) atoms. The van der Waals surface area contributed by atoms with Crippen molar-refractivity contribution >= 4 is 60.5 Å². The number of fused-ring (bicyclic) bond motifs is 2. The van der Waals surface area contributed by atoms with Crippen molar-refractivity contribution in [1.29, 1.82) is 5.26 Å². The van der Waals surface area contributed by atoms with E-state index in [2.05, 4.69) is 11.1 Å². The Bertz CT molecular complexity index is 884. The molecule has 0 unspecified atom stereocenters. The van der Waals surface area contributed by atoms with Gasteiger partial charge in [0.15, 0.2) is 9.84 Å². The largest absolute Gasteiger partial charge is 0.235 e.